The molecule has 0 saturated carbocycles. The lowest BCUT2D eigenvalue weighted by atomic mass is 10.2. The number of aromatic nitrogens is 4. The van der Waals surface area contributed by atoms with Gasteiger partial charge in [0.2, 0.25) is 0 Å². The van der Waals surface area contributed by atoms with Crippen LogP contribution in [0, 0.1) is 0 Å². The van der Waals surface area contributed by atoms with Gasteiger partial charge in [-0.1, -0.05) is 13.3 Å². The van der Waals surface area contributed by atoms with Crippen LogP contribution in [0.3, 0.4) is 0 Å². The lowest BCUT2D eigenvalue weighted by Crippen LogP contribution is -2.35. The highest BCUT2D eigenvalue weighted by Gasteiger charge is 2.16. The summed E-state index contributed by atoms with van der Waals surface area (Å²) in [5.41, 5.74) is 0.534. The molecule has 0 saturated heterocycles. The van der Waals surface area contributed by atoms with Crippen molar-refractivity contribution in [2.45, 2.75) is 52.7 Å². The SMILES string of the molecule is CCCCOC(=O)Cn1cnc2c(NCCNC(=O)OC(C)(C)C)ncnc21. The number of carbonyl (C=O) groups is 2. The Labute approximate surface area is 164 Å². The number of anilines is 1. The molecule has 28 heavy (non-hydrogen) atoms. The highest BCUT2D eigenvalue weighted by atomic mass is 16.6. The van der Waals surface area contributed by atoms with E-state index in [1.807, 2.05) is 6.92 Å². The van der Waals surface area contributed by atoms with Gasteiger partial charge in [-0.25, -0.2) is 19.7 Å². The largest absolute Gasteiger partial charge is 0.464 e. The van der Waals surface area contributed by atoms with Crippen molar-refractivity contribution in [1.82, 2.24) is 24.8 Å². The highest BCUT2D eigenvalue weighted by molar-refractivity contribution is 5.83. The topological polar surface area (TPSA) is 120 Å². The van der Waals surface area contributed by atoms with Gasteiger partial charge in [0.15, 0.2) is 11.5 Å². The number of ether oxygens (including phenoxy) is 2. The van der Waals surface area contributed by atoms with E-state index in [0.29, 0.717) is 36.7 Å². The van der Waals surface area contributed by atoms with Crippen LogP contribution >= 0.6 is 0 Å². The molecule has 0 radical (unpaired) electrons. The summed E-state index contributed by atoms with van der Waals surface area (Å²) in [5, 5.41) is 5.76. The summed E-state index contributed by atoms with van der Waals surface area (Å²) in [6.45, 7) is 8.67. The van der Waals surface area contributed by atoms with E-state index in [-0.39, 0.29) is 12.5 Å². The third-order valence-electron chi connectivity index (χ3n) is 3.55. The van der Waals surface area contributed by atoms with Crippen molar-refractivity contribution in [1.29, 1.82) is 0 Å². The minimum atomic E-state index is -0.541. The molecule has 0 aliphatic rings. The molecule has 10 heteroatoms. The first-order valence-corrected chi connectivity index (χ1v) is 9.32. The molecule has 0 bridgehead atoms. The van der Waals surface area contributed by atoms with Crippen molar-refractivity contribution in [2.75, 3.05) is 25.0 Å². The highest BCUT2D eigenvalue weighted by Crippen LogP contribution is 2.17. The molecular weight excluding hydrogens is 364 g/mol. The normalized spacial score (nSPS) is 11.3. The zero-order chi connectivity index (χ0) is 20.6. The molecule has 2 aromatic rings. The van der Waals surface area contributed by atoms with Gasteiger partial charge in [-0.05, 0) is 27.2 Å². The number of nitrogens with zero attached hydrogens (tertiary/aromatic N) is 4. The molecule has 2 N–H and O–H groups in total. The Hall–Kier alpha value is -2.91. The number of carbonyl (C=O) groups excluding carboxylic acids is 2. The van der Waals surface area contributed by atoms with Gasteiger partial charge in [0.05, 0.1) is 12.9 Å². The van der Waals surface area contributed by atoms with Gasteiger partial charge in [0, 0.05) is 13.1 Å². The summed E-state index contributed by atoms with van der Waals surface area (Å²) in [6, 6.07) is 0. The number of esters is 1. The van der Waals surface area contributed by atoms with Gasteiger partial charge in [-0.15, -0.1) is 0 Å². The van der Waals surface area contributed by atoms with Crippen molar-refractivity contribution in [3.05, 3.63) is 12.7 Å². The van der Waals surface area contributed by atoms with Gasteiger partial charge in [0.1, 0.15) is 24.0 Å². The van der Waals surface area contributed by atoms with E-state index in [1.165, 1.54) is 12.7 Å². The third-order valence-corrected chi connectivity index (χ3v) is 3.55. The number of hydrogen-bond donors (Lipinski definition) is 2. The van der Waals surface area contributed by atoms with E-state index in [1.54, 1.807) is 25.3 Å². The number of amides is 1. The summed E-state index contributed by atoms with van der Waals surface area (Å²) >= 11 is 0. The minimum Gasteiger partial charge on any atom is -0.464 e. The zero-order valence-electron chi connectivity index (χ0n) is 16.8. The van der Waals surface area contributed by atoms with E-state index in [4.69, 9.17) is 9.47 Å². The summed E-state index contributed by atoms with van der Waals surface area (Å²) in [4.78, 5) is 36.2. The van der Waals surface area contributed by atoms with Gasteiger partial charge in [-0.2, -0.15) is 0 Å². The van der Waals surface area contributed by atoms with Crippen LogP contribution in [-0.2, 0) is 20.8 Å². The van der Waals surface area contributed by atoms with Gasteiger partial charge in [-0.3, -0.25) is 4.79 Å². The number of nitrogens with one attached hydrogen (secondary N) is 2. The van der Waals surface area contributed by atoms with E-state index in [2.05, 4.69) is 25.6 Å². The lowest BCUT2D eigenvalue weighted by Gasteiger charge is -2.19. The predicted octanol–water partition coefficient (Wildman–Crippen LogP) is 2.11. The monoisotopic (exact) mass is 392 g/mol. The molecule has 0 atom stereocenters. The average molecular weight is 392 g/mol. The Morgan fingerprint density at radius 1 is 1.18 bits per heavy atom. The first-order chi connectivity index (χ1) is 13.3. The number of imidazole rings is 1. The Kier molecular flexibility index (Phi) is 7.53. The summed E-state index contributed by atoms with van der Waals surface area (Å²) < 4.78 is 12.0. The fourth-order valence-corrected chi connectivity index (χ4v) is 2.30. The van der Waals surface area contributed by atoms with Gasteiger partial charge < -0.3 is 24.7 Å². The molecule has 154 valence electrons. The maximum Gasteiger partial charge on any atom is 0.407 e. The zero-order valence-corrected chi connectivity index (χ0v) is 16.8. The quantitative estimate of drug-likeness (QED) is 0.492. The molecule has 0 aliphatic heterocycles. The molecular formula is C18H28N6O4. The van der Waals surface area contributed by atoms with Crippen molar-refractivity contribution in [2.24, 2.45) is 0 Å². The smallest absolute Gasteiger partial charge is 0.407 e. The summed E-state index contributed by atoms with van der Waals surface area (Å²) in [5.74, 6) is 0.191. The Balaban J connectivity index is 1.90. The van der Waals surface area contributed by atoms with Crippen LogP contribution in [0.5, 0.6) is 0 Å². The second kappa shape index (κ2) is 9.86. The van der Waals surface area contributed by atoms with Crippen LogP contribution in [0.25, 0.3) is 11.2 Å². The molecule has 0 aliphatic carbocycles. The second-order valence-corrected chi connectivity index (χ2v) is 7.20. The predicted molar refractivity (Wildman–Crippen MR) is 104 cm³/mol. The molecule has 0 aromatic carbocycles. The van der Waals surface area contributed by atoms with Crippen molar-refractivity contribution >= 4 is 29.0 Å². The van der Waals surface area contributed by atoms with Crippen molar-refractivity contribution in [3.8, 4) is 0 Å². The number of fused-ring (bicyclic) bond motifs is 1. The molecule has 1 amide bonds. The summed E-state index contributed by atoms with van der Waals surface area (Å²) in [7, 11) is 0. The molecule has 2 rings (SSSR count). The Bertz CT molecular complexity index is 799. The standard InChI is InChI=1S/C18H28N6O4/c1-5-6-9-27-13(25)10-24-12-23-14-15(21-11-22-16(14)24)19-7-8-20-17(26)28-18(2,3)4/h11-12H,5-10H2,1-4H3,(H,20,26)(H,19,21,22). The fraction of sp³-hybridized carbons (Fsp3) is 0.611. The molecule has 2 heterocycles. The number of unbranched alkanes of at least 4 members (excludes halogenated alkanes) is 1. The van der Waals surface area contributed by atoms with E-state index < -0.39 is 11.7 Å². The lowest BCUT2D eigenvalue weighted by molar-refractivity contribution is -0.144. The maximum atomic E-state index is 11.9. The van der Waals surface area contributed by atoms with E-state index >= 15 is 0 Å². The molecule has 10 nitrogen and oxygen atoms in total. The van der Waals surface area contributed by atoms with Crippen LogP contribution in [-0.4, -0.2) is 56.9 Å². The molecule has 0 fully saturated rings. The van der Waals surface area contributed by atoms with Crippen molar-refractivity contribution < 1.29 is 19.1 Å². The van der Waals surface area contributed by atoms with Crippen LogP contribution in [0.2, 0.25) is 0 Å². The van der Waals surface area contributed by atoms with E-state index in [0.717, 1.165) is 12.8 Å². The fourth-order valence-electron chi connectivity index (χ4n) is 2.30. The minimum absolute atomic E-state index is 0.0386. The van der Waals surface area contributed by atoms with Crippen LogP contribution in [0.1, 0.15) is 40.5 Å². The first kappa shape index (κ1) is 21.4. The Morgan fingerprint density at radius 2 is 1.96 bits per heavy atom. The molecule has 0 spiro atoms. The first-order valence-electron chi connectivity index (χ1n) is 9.32. The Morgan fingerprint density at radius 3 is 2.68 bits per heavy atom. The average Bonchev–Trinajstić information content (AvgIpc) is 3.01. The maximum absolute atomic E-state index is 11.9. The van der Waals surface area contributed by atoms with Crippen LogP contribution in [0.15, 0.2) is 12.7 Å². The van der Waals surface area contributed by atoms with Gasteiger partial charge >= 0.3 is 12.1 Å². The molecule has 0 unspecified atom stereocenters. The van der Waals surface area contributed by atoms with Crippen LogP contribution in [0.4, 0.5) is 10.6 Å². The van der Waals surface area contributed by atoms with Crippen LogP contribution < -0.4 is 10.6 Å². The number of hydrogen-bond acceptors (Lipinski definition) is 8. The summed E-state index contributed by atoms with van der Waals surface area (Å²) in [6.07, 6.45) is 4.25. The second-order valence-electron chi connectivity index (χ2n) is 7.20. The van der Waals surface area contributed by atoms with Gasteiger partial charge in [0.25, 0.3) is 0 Å². The van der Waals surface area contributed by atoms with Crippen molar-refractivity contribution in [3.63, 3.8) is 0 Å². The molecule has 2 aromatic heterocycles. The number of alkyl carbamates (subject to hydrolysis) is 1. The van der Waals surface area contributed by atoms with E-state index in [9.17, 15) is 9.59 Å². The third kappa shape index (κ3) is 6.67. The number of rotatable bonds is 9.